The number of carbonyl (C=O) groups is 1. The number of nitrogens with one attached hydrogen (secondary N) is 2. The fraction of sp³-hybridized carbons (Fsp3) is 0.700. The second-order valence-electron chi connectivity index (χ2n) is 4.06. The van der Waals surface area contributed by atoms with E-state index in [2.05, 4.69) is 17.2 Å². The molecule has 0 bridgehead atoms. The predicted octanol–water partition coefficient (Wildman–Crippen LogP) is -0.546. The van der Waals surface area contributed by atoms with E-state index in [1.807, 2.05) is 6.92 Å². The van der Waals surface area contributed by atoms with Crippen LogP contribution in [0.3, 0.4) is 0 Å². The van der Waals surface area contributed by atoms with Crippen LogP contribution in [0, 0.1) is 0 Å². The third-order valence-electron chi connectivity index (χ3n) is 2.48. The standard InChI is InChI=1S/C10H18N2O3S/c1-3-8(2)12-10(13)6-9-7-16(14,15)5-4-11-9/h3,8-9,11H,1,4-7H2,2H3,(H,12,13). The molecule has 2 unspecified atom stereocenters. The summed E-state index contributed by atoms with van der Waals surface area (Å²) in [7, 11) is -2.97. The van der Waals surface area contributed by atoms with Gasteiger partial charge < -0.3 is 10.6 Å². The first kappa shape index (κ1) is 13.2. The van der Waals surface area contributed by atoms with Gasteiger partial charge in [0, 0.05) is 25.0 Å². The first-order valence-corrected chi connectivity index (χ1v) is 7.11. The monoisotopic (exact) mass is 246 g/mol. The van der Waals surface area contributed by atoms with Gasteiger partial charge in [0.1, 0.15) is 0 Å². The Kier molecular flexibility index (Phi) is 4.49. The summed E-state index contributed by atoms with van der Waals surface area (Å²) in [6.07, 6.45) is 1.82. The lowest BCUT2D eigenvalue weighted by atomic mass is 10.2. The van der Waals surface area contributed by atoms with E-state index in [0.29, 0.717) is 6.54 Å². The molecule has 0 aromatic carbocycles. The molecule has 2 atom stereocenters. The van der Waals surface area contributed by atoms with Crippen molar-refractivity contribution in [1.82, 2.24) is 10.6 Å². The van der Waals surface area contributed by atoms with Crippen molar-refractivity contribution in [2.24, 2.45) is 0 Å². The molecule has 2 N–H and O–H groups in total. The summed E-state index contributed by atoms with van der Waals surface area (Å²) in [5, 5.41) is 5.74. The Labute approximate surface area is 96.2 Å². The van der Waals surface area contributed by atoms with Gasteiger partial charge in [0.05, 0.1) is 11.5 Å². The molecule has 0 spiro atoms. The Hall–Kier alpha value is -0.880. The summed E-state index contributed by atoms with van der Waals surface area (Å²) in [5.74, 6) is 0.0545. The number of hydrogen-bond donors (Lipinski definition) is 2. The summed E-state index contributed by atoms with van der Waals surface area (Å²) in [6.45, 7) is 5.80. The van der Waals surface area contributed by atoms with Crippen LogP contribution in [0.15, 0.2) is 12.7 Å². The van der Waals surface area contributed by atoms with Gasteiger partial charge in [-0.05, 0) is 6.92 Å². The molecule has 5 nitrogen and oxygen atoms in total. The van der Waals surface area contributed by atoms with Gasteiger partial charge in [-0.3, -0.25) is 4.79 Å². The van der Waals surface area contributed by atoms with Gasteiger partial charge >= 0.3 is 0 Å². The average molecular weight is 246 g/mol. The largest absolute Gasteiger partial charge is 0.350 e. The lowest BCUT2D eigenvalue weighted by molar-refractivity contribution is -0.121. The minimum Gasteiger partial charge on any atom is -0.350 e. The summed E-state index contributed by atoms with van der Waals surface area (Å²) >= 11 is 0. The molecule has 1 saturated heterocycles. The zero-order chi connectivity index (χ0) is 12.2. The summed E-state index contributed by atoms with van der Waals surface area (Å²) in [6, 6.07) is -0.358. The number of amides is 1. The van der Waals surface area contributed by atoms with Gasteiger partial charge in [-0.1, -0.05) is 6.08 Å². The van der Waals surface area contributed by atoms with E-state index in [1.54, 1.807) is 6.08 Å². The maximum absolute atomic E-state index is 11.5. The van der Waals surface area contributed by atoms with E-state index < -0.39 is 9.84 Å². The molecule has 1 amide bonds. The average Bonchev–Trinajstić information content (AvgIpc) is 2.15. The molecular formula is C10H18N2O3S. The zero-order valence-corrected chi connectivity index (χ0v) is 10.2. The maximum Gasteiger partial charge on any atom is 0.222 e. The van der Waals surface area contributed by atoms with Crippen molar-refractivity contribution < 1.29 is 13.2 Å². The Morgan fingerprint density at radius 1 is 1.69 bits per heavy atom. The Bertz CT molecular complexity index is 364. The van der Waals surface area contributed by atoms with Crippen LogP contribution in [0.2, 0.25) is 0 Å². The van der Waals surface area contributed by atoms with Crippen molar-refractivity contribution in [1.29, 1.82) is 0 Å². The molecular weight excluding hydrogens is 228 g/mol. The maximum atomic E-state index is 11.5. The molecule has 0 aliphatic carbocycles. The molecule has 1 fully saturated rings. The van der Waals surface area contributed by atoms with Gasteiger partial charge in [0.25, 0.3) is 0 Å². The van der Waals surface area contributed by atoms with Crippen LogP contribution in [0.1, 0.15) is 13.3 Å². The van der Waals surface area contributed by atoms with Crippen molar-refractivity contribution >= 4 is 15.7 Å². The fourth-order valence-electron chi connectivity index (χ4n) is 1.59. The van der Waals surface area contributed by atoms with Crippen molar-refractivity contribution in [3.05, 3.63) is 12.7 Å². The second kappa shape index (κ2) is 5.45. The first-order chi connectivity index (χ1) is 7.43. The molecule has 1 heterocycles. The smallest absolute Gasteiger partial charge is 0.222 e. The minimum atomic E-state index is -2.97. The number of carbonyl (C=O) groups excluding carboxylic acids is 1. The quantitative estimate of drug-likeness (QED) is 0.653. The van der Waals surface area contributed by atoms with Gasteiger partial charge in [-0.25, -0.2) is 8.42 Å². The predicted molar refractivity (Wildman–Crippen MR) is 62.9 cm³/mol. The van der Waals surface area contributed by atoms with E-state index in [9.17, 15) is 13.2 Å². The Morgan fingerprint density at radius 3 is 2.94 bits per heavy atom. The first-order valence-electron chi connectivity index (χ1n) is 5.28. The van der Waals surface area contributed by atoms with Gasteiger partial charge in [-0.15, -0.1) is 6.58 Å². The third kappa shape index (κ3) is 4.32. The van der Waals surface area contributed by atoms with E-state index in [-0.39, 0.29) is 35.9 Å². The molecule has 0 aromatic heterocycles. The normalized spacial score (nSPS) is 25.7. The SMILES string of the molecule is C=CC(C)NC(=O)CC1CS(=O)(=O)CCN1. The molecule has 1 rings (SSSR count). The van der Waals surface area contributed by atoms with Gasteiger partial charge in [0.2, 0.25) is 5.91 Å². The highest BCUT2D eigenvalue weighted by Gasteiger charge is 2.25. The number of rotatable bonds is 4. The van der Waals surface area contributed by atoms with Crippen molar-refractivity contribution in [2.75, 3.05) is 18.1 Å². The highest BCUT2D eigenvalue weighted by Crippen LogP contribution is 2.05. The van der Waals surface area contributed by atoms with Crippen LogP contribution in [0.4, 0.5) is 0 Å². The highest BCUT2D eigenvalue weighted by atomic mass is 32.2. The summed E-state index contributed by atoms with van der Waals surface area (Å²) in [5.41, 5.74) is 0. The molecule has 92 valence electrons. The fourth-order valence-corrected chi connectivity index (χ4v) is 3.04. The van der Waals surface area contributed by atoms with Crippen LogP contribution in [0.5, 0.6) is 0 Å². The van der Waals surface area contributed by atoms with E-state index >= 15 is 0 Å². The van der Waals surface area contributed by atoms with Crippen LogP contribution >= 0.6 is 0 Å². The van der Waals surface area contributed by atoms with Crippen molar-refractivity contribution in [2.45, 2.75) is 25.4 Å². The van der Waals surface area contributed by atoms with Crippen molar-refractivity contribution in [3.63, 3.8) is 0 Å². The Morgan fingerprint density at radius 2 is 2.38 bits per heavy atom. The van der Waals surface area contributed by atoms with Crippen LogP contribution in [-0.2, 0) is 14.6 Å². The van der Waals surface area contributed by atoms with Crippen LogP contribution in [-0.4, -0.2) is 44.5 Å². The molecule has 0 radical (unpaired) electrons. The third-order valence-corrected chi connectivity index (χ3v) is 4.21. The summed E-state index contributed by atoms with van der Waals surface area (Å²) in [4.78, 5) is 11.5. The minimum absolute atomic E-state index is 0.0445. The zero-order valence-electron chi connectivity index (χ0n) is 9.40. The molecule has 1 aliphatic heterocycles. The molecule has 0 aromatic rings. The van der Waals surface area contributed by atoms with Crippen LogP contribution in [0.25, 0.3) is 0 Å². The van der Waals surface area contributed by atoms with Gasteiger partial charge in [-0.2, -0.15) is 0 Å². The molecule has 6 heteroatoms. The van der Waals surface area contributed by atoms with E-state index in [4.69, 9.17) is 0 Å². The van der Waals surface area contributed by atoms with Crippen molar-refractivity contribution in [3.8, 4) is 0 Å². The number of sulfone groups is 1. The second-order valence-corrected chi connectivity index (χ2v) is 6.29. The molecule has 16 heavy (non-hydrogen) atoms. The lowest BCUT2D eigenvalue weighted by Gasteiger charge is -2.23. The van der Waals surface area contributed by atoms with Gasteiger partial charge in [0.15, 0.2) is 9.84 Å². The highest BCUT2D eigenvalue weighted by molar-refractivity contribution is 7.91. The summed E-state index contributed by atoms with van der Waals surface area (Å²) < 4.78 is 22.7. The van der Waals surface area contributed by atoms with E-state index in [1.165, 1.54) is 0 Å². The number of hydrogen-bond acceptors (Lipinski definition) is 4. The topological polar surface area (TPSA) is 75.3 Å². The molecule has 0 saturated carbocycles. The lowest BCUT2D eigenvalue weighted by Crippen LogP contribution is -2.47. The Balaban J connectivity index is 2.42. The van der Waals surface area contributed by atoms with Crippen LogP contribution < -0.4 is 10.6 Å². The van der Waals surface area contributed by atoms with E-state index in [0.717, 1.165) is 0 Å². The molecule has 1 aliphatic rings.